The van der Waals surface area contributed by atoms with E-state index in [1.54, 1.807) is 0 Å². The maximum Gasteiger partial charge on any atom is 0.188 e. The van der Waals surface area contributed by atoms with Crippen molar-refractivity contribution in [2.45, 2.75) is 37.9 Å². The molecule has 0 saturated heterocycles. The van der Waals surface area contributed by atoms with Gasteiger partial charge >= 0.3 is 0 Å². The Bertz CT molecular complexity index is 80.5. The first-order valence-corrected chi connectivity index (χ1v) is 4.64. The van der Waals surface area contributed by atoms with E-state index in [2.05, 4.69) is 24.3 Å². The Kier molecular flexibility index (Phi) is 8.52. The molecule has 0 radical (unpaired) electrons. The Hall–Kier alpha value is 0.240. The second-order valence-corrected chi connectivity index (χ2v) is 3.33. The maximum atomic E-state index is 11.4. The summed E-state index contributed by atoms with van der Waals surface area (Å²) in [4.78, 5) is 0. The minimum Gasteiger partial charge on any atom is -0.350 e. The zero-order valence-corrected chi connectivity index (χ0v) is 7.95. The van der Waals surface area contributed by atoms with E-state index >= 15 is 0 Å². The Morgan fingerprint density at radius 1 is 1.45 bits per heavy atom. The highest BCUT2D eigenvalue weighted by Gasteiger charge is 2.00. The lowest BCUT2D eigenvalue weighted by Crippen LogP contribution is -2.01. The van der Waals surface area contributed by atoms with E-state index in [0.29, 0.717) is 11.9 Å². The van der Waals surface area contributed by atoms with Crippen molar-refractivity contribution in [1.82, 2.24) is 0 Å². The zero-order chi connectivity index (χ0) is 8.53. The molecule has 1 unspecified atom stereocenters. The average Bonchev–Trinajstić information content (AvgIpc) is 1.99. The minimum atomic E-state index is -0.662. The SMILES string of the molecule is CCCC(S)CCCOCF. The van der Waals surface area contributed by atoms with Crippen molar-refractivity contribution in [2.75, 3.05) is 13.5 Å². The molecule has 0 bridgehead atoms. The molecule has 0 spiro atoms. The molecule has 0 aliphatic rings. The molecule has 0 aromatic heterocycles. The molecular weight excluding hydrogens is 163 g/mol. The van der Waals surface area contributed by atoms with Gasteiger partial charge in [-0.1, -0.05) is 13.3 Å². The van der Waals surface area contributed by atoms with Crippen LogP contribution in [0.25, 0.3) is 0 Å². The molecule has 0 rings (SSSR count). The summed E-state index contributed by atoms with van der Waals surface area (Å²) in [6.45, 7) is 2.00. The fraction of sp³-hybridized carbons (Fsp3) is 1.00. The molecule has 0 aliphatic heterocycles. The van der Waals surface area contributed by atoms with Gasteiger partial charge in [0, 0.05) is 11.9 Å². The van der Waals surface area contributed by atoms with E-state index in [1.165, 1.54) is 0 Å². The monoisotopic (exact) mass is 180 g/mol. The summed E-state index contributed by atoms with van der Waals surface area (Å²) in [5, 5.41) is 0.461. The van der Waals surface area contributed by atoms with Crippen LogP contribution in [0, 0.1) is 0 Å². The molecule has 0 N–H and O–H groups in total. The van der Waals surface area contributed by atoms with Crippen LogP contribution in [0.4, 0.5) is 4.39 Å². The number of rotatable bonds is 7. The number of hydrogen-bond donors (Lipinski definition) is 1. The molecular formula is C8H17FOS. The highest BCUT2D eigenvalue weighted by atomic mass is 32.1. The van der Waals surface area contributed by atoms with Crippen molar-refractivity contribution in [3.8, 4) is 0 Å². The predicted octanol–water partition coefficient (Wildman–Crippen LogP) is 2.81. The third kappa shape index (κ3) is 8.14. The van der Waals surface area contributed by atoms with Gasteiger partial charge in [0.05, 0.1) is 0 Å². The Morgan fingerprint density at radius 3 is 2.73 bits per heavy atom. The Labute approximate surface area is 73.7 Å². The lowest BCUT2D eigenvalue weighted by molar-refractivity contribution is 0.0556. The van der Waals surface area contributed by atoms with Crippen LogP contribution < -0.4 is 0 Å². The summed E-state index contributed by atoms with van der Waals surface area (Å²) in [7, 11) is 0. The van der Waals surface area contributed by atoms with Crippen LogP contribution >= 0.6 is 12.6 Å². The minimum absolute atomic E-state index is 0.461. The van der Waals surface area contributed by atoms with E-state index in [1.807, 2.05) is 0 Å². The summed E-state index contributed by atoms with van der Waals surface area (Å²) < 4.78 is 16.0. The average molecular weight is 180 g/mol. The third-order valence-electron chi connectivity index (χ3n) is 1.53. The Morgan fingerprint density at radius 2 is 2.18 bits per heavy atom. The first kappa shape index (κ1) is 11.2. The first-order valence-electron chi connectivity index (χ1n) is 4.13. The van der Waals surface area contributed by atoms with Gasteiger partial charge in [-0.2, -0.15) is 12.6 Å². The van der Waals surface area contributed by atoms with Gasteiger partial charge in [-0.25, -0.2) is 4.39 Å². The lowest BCUT2D eigenvalue weighted by Gasteiger charge is -2.07. The number of thiol groups is 1. The van der Waals surface area contributed by atoms with Gasteiger partial charge in [0.15, 0.2) is 6.86 Å². The highest BCUT2D eigenvalue weighted by Crippen LogP contribution is 2.10. The van der Waals surface area contributed by atoms with Gasteiger partial charge in [-0.15, -0.1) is 0 Å². The van der Waals surface area contributed by atoms with Gasteiger partial charge in [0.2, 0.25) is 0 Å². The molecule has 68 valence electrons. The summed E-state index contributed by atoms with van der Waals surface area (Å²) in [5.74, 6) is 0. The zero-order valence-electron chi connectivity index (χ0n) is 7.05. The normalized spacial score (nSPS) is 13.4. The smallest absolute Gasteiger partial charge is 0.188 e. The third-order valence-corrected chi connectivity index (χ3v) is 2.04. The molecule has 3 heteroatoms. The summed E-state index contributed by atoms with van der Waals surface area (Å²) >= 11 is 4.36. The number of halogens is 1. The van der Waals surface area contributed by atoms with Crippen molar-refractivity contribution in [2.24, 2.45) is 0 Å². The fourth-order valence-electron chi connectivity index (χ4n) is 0.953. The molecule has 1 atom stereocenters. The van der Waals surface area contributed by atoms with Gasteiger partial charge in [0.1, 0.15) is 0 Å². The molecule has 0 saturated carbocycles. The van der Waals surface area contributed by atoms with Crippen molar-refractivity contribution < 1.29 is 9.13 Å². The van der Waals surface area contributed by atoms with E-state index in [9.17, 15) is 4.39 Å². The van der Waals surface area contributed by atoms with Crippen molar-refractivity contribution in [3.63, 3.8) is 0 Å². The van der Waals surface area contributed by atoms with Crippen LogP contribution in [0.3, 0.4) is 0 Å². The second-order valence-electron chi connectivity index (χ2n) is 2.60. The van der Waals surface area contributed by atoms with Crippen LogP contribution in [0.15, 0.2) is 0 Å². The van der Waals surface area contributed by atoms with Crippen LogP contribution in [0.5, 0.6) is 0 Å². The second kappa shape index (κ2) is 8.34. The largest absolute Gasteiger partial charge is 0.350 e. The Balaban J connectivity index is 2.97. The van der Waals surface area contributed by atoms with Crippen LogP contribution in [0.1, 0.15) is 32.6 Å². The predicted molar refractivity (Wildman–Crippen MR) is 48.8 cm³/mol. The molecule has 1 nitrogen and oxygen atoms in total. The van der Waals surface area contributed by atoms with E-state index in [4.69, 9.17) is 0 Å². The lowest BCUT2D eigenvalue weighted by atomic mass is 10.1. The van der Waals surface area contributed by atoms with E-state index < -0.39 is 6.86 Å². The number of alkyl halides is 1. The maximum absolute atomic E-state index is 11.4. The molecule has 0 aromatic rings. The first-order chi connectivity index (χ1) is 5.31. The molecule has 0 fully saturated rings. The quantitative estimate of drug-likeness (QED) is 0.468. The van der Waals surface area contributed by atoms with Gasteiger partial charge in [-0.05, 0) is 19.3 Å². The fourth-order valence-corrected chi connectivity index (χ4v) is 1.39. The molecule has 0 aliphatic carbocycles. The summed E-state index contributed by atoms with van der Waals surface area (Å²) in [6.07, 6.45) is 4.24. The number of ether oxygens (including phenoxy) is 1. The summed E-state index contributed by atoms with van der Waals surface area (Å²) in [5.41, 5.74) is 0. The molecule has 0 amide bonds. The van der Waals surface area contributed by atoms with Gasteiger partial charge < -0.3 is 4.74 Å². The topological polar surface area (TPSA) is 9.23 Å². The van der Waals surface area contributed by atoms with Gasteiger partial charge in [0.25, 0.3) is 0 Å². The standard InChI is InChI=1S/C8H17FOS/c1-2-4-8(11)5-3-6-10-7-9/h8,11H,2-7H2,1H3. The number of hydrogen-bond acceptors (Lipinski definition) is 2. The molecule has 0 aromatic carbocycles. The van der Waals surface area contributed by atoms with Crippen molar-refractivity contribution in [1.29, 1.82) is 0 Å². The van der Waals surface area contributed by atoms with Gasteiger partial charge in [-0.3, -0.25) is 0 Å². The highest BCUT2D eigenvalue weighted by molar-refractivity contribution is 7.80. The van der Waals surface area contributed by atoms with Crippen LogP contribution in [-0.4, -0.2) is 18.7 Å². The molecule has 11 heavy (non-hydrogen) atoms. The van der Waals surface area contributed by atoms with Crippen molar-refractivity contribution in [3.05, 3.63) is 0 Å². The summed E-state index contributed by atoms with van der Waals surface area (Å²) in [6, 6.07) is 0. The van der Waals surface area contributed by atoms with E-state index in [0.717, 1.165) is 25.7 Å². The molecule has 0 heterocycles. The van der Waals surface area contributed by atoms with Crippen molar-refractivity contribution >= 4 is 12.6 Å². The van der Waals surface area contributed by atoms with E-state index in [-0.39, 0.29) is 0 Å². The van der Waals surface area contributed by atoms with Crippen LogP contribution in [-0.2, 0) is 4.74 Å². The van der Waals surface area contributed by atoms with Crippen LogP contribution in [0.2, 0.25) is 0 Å².